The standard InChI is InChI=1S/C10H15N3O2/c1-7-9(14)12-6-13-10(7)15-8-2-4-11-5-3-8/h6,8,11H,2-5H2,1H3,(H,12,13,14). The van der Waals surface area contributed by atoms with Crippen LogP contribution in [0.5, 0.6) is 5.88 Å². The largest absolute Gasteiger partial charge is 0.474 e. The minimum absolute atomic E-state index is 0.131. The summed E-state index contributed by atoms with van der Waals surface area (Å²) in [5.41, 5.74) is 0.421. The van der Waals surface area contributed by atoms with Crippen molar-refractivity contribution in [1.29, 1.82) is 0 Å². The minimum atomic E-state index is -0.131. The van der Waals surface area contributed by atoms with Gasteiger partial charge in [-0.1, -0.05) is 0 Å². The molecule has 0 saturated carbocycles. The lowest BCUT2D eigenvalue weighted by Crippen LogP contribution is -2.34. The summed E-state index contributed by atoms with van der Waals surface area (Å²) in [6.45, 7) is 3.65. The van der Waals surface area contributed by atoms with Crippen LogP contribution in [0.4, 0.5) is 0 Å². The third-order valence-electron chi connectivity index (χ3n) is 2.60. The van der Waals surface area contributed by atoms with Gasteiger partial charge in [0.1, 0.15) is 6.10 Å². The Morgan fingerprint density at radius 2 is 2.20 bits per heavy atom. The third kappa shape index (κ3) is 2.36. The zero-order chi connectivity index (χ0) is 10.7. The average Bonchev–Trinajstić information content (AvgIpc) is 2.26. The first kappa shape index (κ1) is 10.2. The second kappa shape index (κ2) is 4.44. The minimum Gasteiger partial charge on any atom is -0.474 e. The van der Waals surface area contributed by atoms with E-state index < -0.39 is 0 Å². The first-order valence-corrected chi connectivity index (χ1v) is 5.19. The zero-order valence-corrected chi connectivity index (χ0v) is 8.75. The summed E-state index contributed by atoms with van der Waals surface area (Å²) in [5, 5.41) is 3.26. The molecule has 0 spiro atoms. The second-order valence-corrected chi connectivity index (χ2v) is 3.73. The van der Waals surface area contributed by atoms with Gasteiger partial charge in [0.05, 0.1) is 11.9 Å². The number of ether oxygens (including phenoxy) is 1. The summed E-state index contributed by atoms with van der Waals surface area (Å²) in [4.78, 5) is 17.8. The van der Waals surface area contributed by atoms with Gasteiger partial charge in [-0.2, -0.15) is 0 Å². The van der Waals surface area contributed by atoms with Gasteiger partial charge in [-0.15, -0.1) is 0 Å². The molecule has 2 N–H and O–H groups in total. The summed E-state index contributed by atoms with van der Waals surface area (Å²) in [6.07, 6.45) is 3.49. The van der Waals surface area contributed by atoms with E-state index in [9.17, 15) is 4.79 Å². The number of piperidine rings is 1. The molecule has 1 fully saturated rings. The van der Waals surface area contributed by atoms with Gasteiger partial charge in [0, 0.05) is 0 Å². The van der Waals surface area contributed by atoms with E-state index in [0.717, 1.165) is 25.9 Å². The molecule has 82 valence electrons. The highest BCUT2D eigenvalue weighted by atomic mass is 16.5. The van der Waals surface area contributed by atoms with E-state index in [1.807, 2.05) is 0 Å². The van der Waals surface area contributed by atoms with E-state index in [1.165, 1.54) is 6.33 Å². The van der Waals surface area contributed by atoms with E-state index in [-0.39, 0.29) is 11.7 Å². The summed E-state index contributed by atoms with van der Waals surface area (Å²) >= 11 is 0. The molecular weight excluding hydrogens is 194 g/mol. The van der Waals surface area contributed by atoms with Gasteiger partial charge in [-0.05, 0) is 32.9 Å². The summed E-state index contributed by atoms with van der Waals surface area (Å²) in [7, 11) is 0. The summed E-state index contributed by atoms with van der Waals surface area (Å²) < 4.78 is 5.70. The lowest BCUT2D eigenvalue weighted by atomic mass is 10.1. The van der Waals surface area contributed by atoms with Crippen LogP contribution in [0.1, 0.15) is 18.4 Å². The summed E-state index contributed by atoms with van der Waals surface area (Å²) in [5.74, 6) is 0.464. The Bertz CT molecular complexity index is 382. The normalized spacial score (nSPS) is 17.7. The Kier molecular flexibility index (Phi) is 3.01. The lowest BCUT2D eigenvalue weighted by Gasteiger charge is -2.23. The quantitative estimate of drug-likeness (QED) is 0.730. The van der Waals surface area contributed by atoms with E-state index in [1.54, 1.807) is 6.92 Å². The van der Waals surface area contributed by atoms with E-state index >= 15 is 0 Å². The maximum atomic E-state index is 11.3. The highest BCUT2D eigenvalue weighted by Gasteiger charge is 2.16. The van der Waals surface area contributed by atoms with Crippen LogP contribution in [-0.2, 0) is 0 Å². The van der Waals surface area contributed by atoms with Crippen molar-refractivity contribution in [3.05, 3.63) is 22.2 Å². The molecule has 5 heteroatoms. The SMILES string of the molecule is Cc1c(OC2CCNCC2)nc[nH]c1=O. The Labute approximate surface area is 87.9 Å². The molecule has 0 atom stereocenters. The van der Waals surface area contributed by atoms with Gasteiger partial charge >= 0.3 is 0 Å². The van der Waals surface area contributed by atoms with Crippen molar-refractivity contribution >= 4 is 0 Å². The fraction of sp³-hybridized carbons (Fsp3) is 0.600. The molecule has 2 rings (SSSR count). The fourth-order valence-corrected chi connectivity index (χ4v) is 1.64. The van der Waals surface area contributed by atoms with Crippen LogP contribution in [0, 0.1) is 6.92 Å². The molecule has 0 bridgehead atoms. The number of nitrogens with zero attached hydrogens (tertiary/aromatic N) is 1. The number of aromatic nitrogens is 2. The first-order chi connectivity index (χ1) is 7.27. The van der Waals surface area contributed by atoms with Crippen LogP contribution in [-0.4, -0.2) is 29.2 Å². The van der Waals surface area contributed by atoms with Crippen LogP contribution in [0.3, 0.4) is 0 Å². The van der Waals surface area contributed by atoms with Crippen LogP contribution >= 0.6 is 0 Å². The summed E-state index contributed by atoms with van der Waals surface area (Å²) in [6, 6.07) is 0. The molecule has 0 aromatic carbocycles. The Hall–Kier alpha value is -1.36. The van der Waals surface area contributed by atoms with Gasteiger partial charge in [-0.25, -0.2) is 4.98 Å². The van der Waals surface area contributed by atoms with Crippen molar-refractivity contribution in [3.8, 4) is 5.88 Å². The van der Waals surface area contributed by atoms with Gasteiger partial charge in [0.25, 0.3) is 5.56 Å². The number of aromatic amines is 1. The average molecular weight is 209 g/mol. The molecule has 2 heterocycles. The highest BCUT2D eigenvalue weighted by Crippen LogP contribution is 2.14. The number of nitrogens with one attached hydrogen (secondary N) is 2. The van der Waals surface area contributed by atoms with E-state index in [2.05, 4.69) is 15.3 Å². The second-order valence-electron chi connectivity index (χ2n) is 3.73. The molecule has 1 aliphatic heterocycles. The van der Waals surface area contributed by atoms with Crippen molar-refractivity contribution < 1.29 is 4.74 Å². The molecule has 0 amide bonds. The van der Waals surface area contributed by atoms with Gasteiger partial charge in [-0.3, -0.25) is 4.79 Å². The molecular formula is C10H15N3O2. The lowest BCUT2D eigenvalue weighted by molar-refractivity contribution is 0.154. The molecule has 1 aliphatic rings. The fourth-order valence-electron chi connectivity index (χ4n) is 1.64. The maximum absolute atomic E-state index is 11.3. The molecule has 1 aromatic rings. The van der Waals surface area contributed by atoms with Crippen molar-refractivity contribution in [2.75, 3.05) is 13.1 Å². The van der Waals surface area contributed by atoms with Crippen LogP contribution in [0.25, 0.3) is 0 Å². The third-order valence-corrected chi connectivity index (χ3v) is 2.60. The Balaban J connectivity index is 2.09. The smallest absolute Gasteiger partial charge is 0.257 e. The van der Waals surface area contributed by atoms with Crippen molar-refractivity contribution in [3.63, 3.8) is 0 Å². The maximum Gasteiger partial charge on any atom is 0.257 e. The molecule has 1 saturated heterocycles. The first-order valence-electron chi connectivity index (χ1n) is 5.19. The van der Waals surface area contributed by atoms with Crippen molar-refractivity contribution in [2.24, 2.45) is 0 Å². The molecule has 0 aliphatic carbocycles. The van der Waals surface area contributed by atoms with Crippen LogP contribution in [0.15, 0.2) is 11.1 Å². The van der Waals surface area contributed by atoms with Gasteiger partial charge < -0.3 is 15.0 Å². The van der Waals surface area contributed by atoms with Crippen LogP contribution < -0.4 is 15.6 Å². The Morgan fingerprint density at radius 1 is 1.47 bits per heavy atom. The van der Waals surface area contributed by atoms with E-state index in [0.29, 0.717) is 11.4 Å². The van der Waals surface area contributed by atoms with Gasteiger partial charge in [0.2, 0.25) is 5.88 Å². The molecule has 5 nitrogen and oxygen atoms in total. The molecule has 0 unspecified atom stereocenters. The molecule has 1 aromatic heterocycles. The monoisotopic (exact) mass is 209 g/mol. The number of rotatable bonds is 2. The Morgan fingerprint density at radius 3 is 2.93 bits per heavy atom. The number of hydrogen-bond acceptors (Lipinski definition) is 4. The van der Waals surface area contributed by atoms with Crippen LogP contribution in [0.2, 0.25) is 0 Å². The number of hydrogen-bond donors (Lipinski definition) is 2. The van der Waals surface area contributed by atoms with E-state index in [4.69, 9.17) is 4.74 Å². The van der Waals surface area contributed by atoms with Crippen molar-refractivity contribution in [2.45, 2.75) is 25.9 Å². The molecule has 15 heavy (non-hydrogen) atoms. The van der Waals surface area contributed by atoms with Gasteiger partial charge in [0.15, 0.2) is 0 Å². The zero-order valence-electron chi connectivity index (χ0n) is 8.75. The highest BCUT2D eigenvalue weighted by molar-refractivity contribution is 5.20. The molecule has 0 radical (unpaired) electrons. The predicted octanol–water partition coefficient (Wildman–Crippen LogP) is 0.209. The predicted molar refractivity (Wildman–Crippen MR) is 56.1 cm³/mol. The number of H-pyrrole nitrogens is 1. The topological polar surface area (TPSA) is 67.0 Å². The van der Waals surface area contributed by atoms with Crippen molar-refractivity contribution in [1.82, 2.24) is 15.3 Å².